The highest BCUT2D eigenvalue weighted by molar-refractivity contribution is 5.77. The Bertz CT molecular complexity index is 248. The minimum atomic E-state index is -0.313. The fourth-order valence-corrected chi connectivity index (χ4v) is 1.87. The molecule has 0 aromatic heterocycles. The zero-order valence-electron chi connectivity index (χ0n) is 13.4. The van der Waals surface area contributed by atoms with E-state index in [-0.39, 0.29) is 37.0 Å². The van der Waals surface area contributed by atoms with E-state index in [1.807, 2.05) is 13.8 Å². The van der Waals surface area contributed by atoms with E-state index in [0.29, 0.717) is 0 Å². The van der Waals surface area contributed by atoms with E-state index in [0.717, 1.165) is 38.5 Å². The van der Waals surface area contributed by atoms with Crippen LogP contribution in [0.25, 0.3) is 0 Å². The van der Waals surface area contributed by atoms with Crippen LogP contribution in [0.4, 0.5) is 0 Å². The first-order valence-electron chi connectivity index (χ1n) is 7.88. The van der Waals surface area contributed by atoms with Gasteiger partial charge < -0.3 is 9.47 Å². The van der Waals surface area contributed by atoms with Crippen LogP contribution in [0.5, 0.6) is 0 Å². The maximum Gasteiger partial charge on any atom is 0.306 e. The Morgan fingerprint density at radius 3 is 1.45 bits per heavy atom. The molecular weight excluding hydrogens is 256 g/mol. The number of hydrogen-bond acceptors (Lipinski definition) is 4. The molecule has 0 fully saturated rings. The van der Waals surface area contributed by atoms with Crippen LogP contribution in [0, 0.1) is 0 Å². The van der Waals surface area contributed by atoms with Gasteiger partial charge in [-0.25, -0.2) is 0 Å². The van der Waals surface area contributed by atoms with Gasteiger partial charge in [0.1, 0.15) is 0 Å². The van der Waals surface area contributed by atoms with Gasteiger partial charge in [-0.05, 0) is 26.7 Å². The number of rotatable bonds is 11. The molecule has 0 saturated carbocycles. The van der Waals surface area contributed by atoms with E-state index < -0.39 is 0 Å². The fourth-order valence-electron chi connectivity index (χ4n) is 1.87. The number of hydrogen-bond donors (Lipinski definition) is 0. The van der Waals surface area contributed by atoms with Gasteiger partial charge in [-0.2, -0.15) is 0 Å². The lowest BCUT2D eigenvalue weighted by molar-refractivity contribution is -0.155. The Labute approximate surface area is 123 Å². The summed E-state index contributed by atoms with van der Waals surface area (Å²) in [4.78, 5) is 23.1. The van der Waals surface area contributed by atoms with Gasteiger partial charge in [-0.3, -0.25) is 9.59 Å². The molecular formula is C16H30O4. The molecule has 0 aromatic carbocycles. The lowest BCUT2D eigenvalue weighted by atomic mass is 10.2. The van der Waals surface area contributed by atoms with E-state index in [1.165, 1.54) is 0 Å². The summed E-state index contributed by atoms with van der Waals surface area (Å²) in [7, 11) is 0. The third-order valence-corrected chi connectivity index (χ3v) is 3.13. The molecule has 4 heteroatoms. The van der Waals surface area contributed by atoms with Gasteiger partial charge in [0.2, 0.25) is 0 Å². The Morgan fingerprint density at radius 1 is 0.800 bits per heavy atom. The summed E-state index contributed by atoms with van der Waals surface area (Å²) in [5, 5.41) is 0. The van der Waals surface area contributed by atoms with Crippen LogP contribution < -0.4 is 0 Å². The first-order valence-corrected chi connectivity index (χ1v) is 7.88. The molecule has 0 rings (SSSR count). The van der Waals surface area contributed by atoms with Gasteiger partial charge in [0.25, 0.3) is 0 Å². The van der Waals surface area contributed by atoms with Gasteiger partial charge in [0.05, 0.1) is 25.0 Å². The van der Waals surface area contributed by atoms with Crippen LogP contribution in [0.1, 0.15) is 79.1 Å². The average molecular weight is 286 g/mol. The monoisotopic (exact) mass is 286 g/mol. The van der Waals surface area contributed by atoms with Gasteiger partial charge >= 0.3 is 11.9 Å². The standard InChI is InChI=1S/C16H30O4/c1-5-7-9-13(3)19-15(17)11-12-16(18)20-14(4)10-8-6-2/h13-14H,5-12H2,1-4H3. The van der Waals surface area contributed by atoms with Crippen molar-refractivity contribution in [2.24, 2.45) is 0 Å². The molecule has 0 saturated heterocycles. The second-order valence-electron chi connectivity index (χ2n) is 5.39. The van der Waals surface area contributed by atoms with E-state index in [1.54, 1.807) is 0 Å². The molecule has 118 valence electrons. The van der Waals surface area contributed by atoms with Gasteiger partial charge in [-0.15, -0.1) is 0 Å². The van der Waals surface area contributed by atoms with E-state index in [2.05, 4.69) is 13.8 Å². The van der Waals surface area contributed by atoms with Crippen LogP contribution in [-0.4, -0.2) is 24.1 Å². The Morgan fingerprint density at radius 2 is 1.15 bits per heavy atom. The molecule has 0 aromatic rings. The second-order valence-corrected chi connectivity index (χ2v) is 5.39. The fraction of sp³-hybridized carbons (Fsp3) is 0.875. The molecule has 4 nitrogen and oxygen atoms in total. The number of ether oxygens (including phenoxy) is 2. The zero-order valence-corrected chi connectivity index (χ0v) is 13.4. The largest absolute Gasteiger partial charge is 0.463 e. The summed E-state index contributed by atoms with van der Waals surface area (Å²) in [5.74, 6) is -0.626. The second kappa shape index (κ2) is 11.7. The molecule has 0 N–H and O–H groups in total. The van der Waals surface area contributed by atoms with E-state index >= 15 is 0 Å². The van der Waals surface area contributed by atoms with Crippen LogP contribution in [0.15, 0.2) is 0 Å². The Hall–Kier alpha value is -1.06. The number of esters is 2. The third kappa shape index (κ3) is 10.8. The van der Waals surface area contributed by atoms with Crippen molar-refractivity contribution in [3.63, 3.8) is 0 Å². The maximum absolute atomic E-state index is 11.5. The molecule has 20 heavy (non-hydrogen) atoms. The van der Waals surface area contributed by atoms with Crippen molar-refractivity contribution in [1.29, 1.82) is 0 Å². The minimum absolute atomic E-state index is 0.0676. The molecule has 0 radical (unpaired) electrons. The summed E-state index contributed by atoms with van der Waals surface area (Å²) in [5.41, 5.74) is 0. The first kappa shape index (κ1) is 18.9. The van der Waals surface area contributed by atoms with E-state index in [9.17, 15) is 9.59 Å². The van der Waals surface area contributed by atoms with Crippen LogP contribution >= 0.6 is 0 Å². The topological polar surface area (TPSA) is 52.6 Å². The summed E-state index contributed by atoms with van der Waals surface area (Å²) in [6.45, 7) is 7.98. The number of carbonyl (C=O) groups excluding carboxylic acids is 2. The number of unbranched alkanes of at least 4 members (excludes halogenated alkanes) is 2. The van der Waals surface area contributed by atoms with Crippen LogP contribution in [0.3, 0.4) is 0 Å². The average Bonchev–Trinajstić information content (AvgIpc) is 2.40. The van der Waals surface area contributed by atoms with Crippen molar-refractivity contribution in [3.8, 4) is 0 Å². The first-order chi connectivity index (χ1) is 9.49. The van der Waals surface area contributed by atoms with Crippen LogP contribution in [0.2, 0.25) is 0 Å². The highest BCUT2D eigenvalue weighted by Crippen LogP contribution is 2.08. The highest BCUT2D eigenvalue weighted by Gasteiger charge is 2.14. The Balaban J connectivity index is 3.74. The lowest BCUT2D eigenvalue weighted by Gasteiger charge is -2.14. The van der Waals surface area contributed by atoms with Gasteiger partial charge in [0.15, 0.2) is 0 Å². The van der Waals surface area contributed by atoms with Gasteiger partial charge in [0, 0.05) is 0 Å². The predicted octanol–water partition coefficient (Wildman–Crippen LogP) is 4.01. The van der Waals surface area contributed by atoms with E-state index in [4.69, 9.17) is 9.47 Å². The summed E-state index contributed by atoms with van der Waals surface area (Å²) >= 11 is 0. The third-order valence-electron chi connectivity index (χ3n) is 3.13. The molecule has 0 amide bonds. The molecule has 0 spiro atoms. The summed E-state index contributed by atoms with van der Waals surface area (Å²) in [6.07, 6.45) is 6.10. The summed E-state index contributed by atoms with van der Waals surface area (Å²) in [6, 6.07) is 0. The van der Waals surface area contributed by atoms with Gasteiger partial charge in [-0.1, -0.05) is 39.5 Å². The lowest BCUT2D eigenvalue weighted by Crippen LogP contribution is -2.18. The molecule has 2 atom stereocenters. The van der Waals surface area contributed by atoms with Crippen molar-refractivity contribution in [3.05, 3.63) is 0 Å². The molecule has 0 aliphatic heterocycles. The maximum atomic E-state index is 11.5. The SMILES string of the molecule is CCCCC(C)OC(=O)CCC(=O)OC(C)CCCC. The smallest absolute Gasteiger partial charge is 0.306 e. The van der Waals surface area contributed by atoms with Crippen molar-refractivity contribution in [1.82, 2.24) is 0 Å². The highest BCUT2D eigenvalue weighted by atomic mass is 16.5. The Kier molecular flexibility index (Phi) is 11.1. The summed E-state index contributed by atoms with van der Waals surface area (Å²) < 4.78 is 10.5. The molecule has 0 aliphatic rings. The number of carbonyl (C=O) groups is 2. The predicted molar refractivity (Wildman–Crippen MR) is 79.4 cm³/mol. The van der Waals surface area contributed by atoms with Crippen molar-refractivity contribution >= 4 is 11.9 Å². The molecule has 2 unspecified atom stereocenters. The molecule has 0 heterocycles. The normalized spacial score (nSPS) is 13.6. The molecule has 0 aliphatic carbocycles. The van der Waals surface area contributed by atoms with Crippen molar-refractivity contribution in [2.75, 3.05) is 0 Å². The molecule has 0 bridgehead atoms. The van der Waals surface area contributed by atoms with Crippen molar-refractivity contribution in [2.45, 2.75) is 91.3 Å². The quantitative estimate of drug-likeness (QED) is 0.538. The van der Waals surface area contributed by atoms with Crippen LogP contribution in [-0.2, 0) is 19.1 Å². The van der Waals surface area contributed by atoms with Crippen molar-refractivity contribution < 1.29 is 19.1 Å². The zero-order chi connectivity index (χ0) is 15.4. The minimum Gasteiger partial charge on any atom is -0.463 e.